The Morgan fingerprint density at radius 2 is 1.92 bits per heavy atom. The van der Waals surface area contributed by atoms with E-state index in [9.17, 15) is 9.59 Å². The minimum absolute atomic E-state index is 0.218. The highest BCUT2D eigenvalue weighted by Gasteiger charge is 2.53. The van der Waals surface area contributed by atoms with Crippen molar-refractivity contribution in [3.05, 3.63) is 51.8 Å². The van der Waals surface area contributed by atoms with Gasteiger partial charge in [0.1, 0.15) is 5.56 Å². The van der Waals surface area contributed by atoms with Crippen molar-refractivity contribution in [2.24, 2.45) is 17.6 Å². The SMILES string of the molecule is CCc1cc(C(=O)O)c(=O)[nH]c1-c1ccc(N2CC3C(N)C3C2)cc1. The van der Waals surface area contributed by atoms with E-state index in [2.05, 4.69) is 22.0 Å². The van der Waals surface area contributed by atoms with Gasteiger partial charge < -0.3 is 20.7 Å². The second-order valence-corrected chi connectivity index (χ2v) is 6.93. The zero-order valence-electron chi connectivity index (χ0n) is 14.0. The number of carboxylic acid groups (broad SMARTS) is 1. The minimum Gasteiger partial charge on any atom is -0.477 e. The van der Waals surface area contributed by atoms with Crippen molar-refractivity contribution < 1.29 is 9.90 Å². The van der Waals surface area contributed by atoms with Gasteiger partial charge >= 0.3 is 5.97 Å². The van der Waals surface area contributed by atoms with E-state index in [1.807, 2.05) is 19.1 Å². The van der Waals surface area contributed by atoms with Crippen molar-refractivity contribution in [1.82, 2.24) is 4.98 Å². The molecule has 1 aliphatic carbocycles. The van der Waals surface area contributed by atoms with Crippen LogP contribution in [0, 0.1) is 11.8 Å². The molecule has 6 heteroatoms. The van der Waals surface area contributed by atoms with Crippen LogP contribution in [0.25, 0.3) is 11.3 Å². The number of nitrogens with two attached hydrogens (primary N) is 1. The number of nitrogens with one attached hydrogen (secondary N) is 1. The number of aryl methyl sites for hydroxylation is 1. The van der Waals surface area contributed by atoms with Gasteiger partial charge in [0, 0.05) is 24.8 Å². The number of aromatic carboxylic acids is 1. The number of benzene rings is 1. The number of H-pyrrole nitrogens is 1. The van der Waals surface area contributed by atoms with Gasteiger partial charge in [0.2, 0.25) is 0 Å². The average Bonchev–Trinajstić information content (AvgIpc) is 3.02. The fourth-order valence-corrected chi connectivity index (χ4v) is 3.89. The molecule has 2 aliphatic rings. The molecule has 1 aromatic heterocycles. The molecule has 2 unspecified atom stereocenters. The lowest BCUT2D eigenvalue weighted by molar-refractivity contribution is 0.0695. The van der Waals surface area contributed by atoms with Crippen molar-refractivity contribution in [2.75, 3.05) is 18.0 Å². The molecule has 1 saturated heterocycles. The van der Waals surface area contributed by atoms with E-state index in [0.29, 0.717) is 30.0 Å². The first-order chi connectivity index (χ1) is 12.0. The predicted molar refractivity (Wildman–Crippen MR) is 96.0 cm³/mol. The van der Waals surface area contributed by atoms with E-state index in [1.54, 1.807) is 0 Å². The molecule has 25 heavy (non-hydrogen) atoms. The molecule has 6 nitrogen and oxygen atoms in total. The summed E-state index contributed by atoms with van der Waals surface area (Å²) in [5.41, 5.74) is 8.75. The van der Waals surface area contributed by atoms with Crippen LogP contribution in [0.4, 0.5) is 5.69 Å². The third-order valence-corrected chi connectivity index (χ3v) is 5.52. The van der Waals surface area contributed by atoms with Gasteiger partial charge in [-0.2, -0.15) is 0 Å². The van der Waals surface area contributed by atoms with Crippen LogP contribution in [0.1, 0.15) is 22.8 Å². The van der Waals surface area contributed by atoms with Gasteiger partial charge in [-0.1, -0.05) is 19.1 Å². The van der Waals surface area contributed by atoms with Crippen molar-refractivity contribution in [2.45, 2.75) is 19.4 Å². The third-order valence-electron chi connectivity index (χ3n) is 5.52. The number of aromatic amines is 1. The standard InChI is InChI=1S/C19H21N3O3/c1-2-10-7-13(19(24)25)18(23)21-17(10)11-3-5-12(6-4-11)22-8-14-15(9-22)16(14)20/h3-7,14-16H,2,8-9,20H2,1H3,(H,21,23)(H,24,25). The molecule has 0 amide bonds. The van der Waals surface area contributed by atoms with Gasteiger partial charge in [0.15, 0.2) is 0 Å². The maximum absolute atomic E-state index is 12.0. The molecule has 1 aromatic carbocycles. The lowest BCUT2D eigenvalue weighted by Gasteiger charge is -2.21. The first kappa shape index (κ1) is 15.9. The Balaban J connectivity index is 1.63. The number of fused-ring (bicyclic) bond motifs is 1. The molecular weight excluding hydrogens is 318 g/mol. The largest absolute Gasteiger partial charge is 0.477 e. The Labute approximate surface area is 145 Å². The van der Waals surface area contributed by atoms with Crippen molar-refractivity contribution in [3.63, 3.8) is 0 Å². The Morgan fingerprint density at radius 3 is 2.48 bits per heavy atom. The Morgan fingerprint density at radius 1 is 1.28 bits per heavy atom. The van der Waals surface area contributed by atoms with E-state index in [0.717, 1.165) is 29.9 Å². The van der Waals surface area contributed by atoms with Crippen LogP contribution in [0.3, 0.4) is 0 Å². The second kappa shape index (κ2) is 5.74. The molecule has 2 aromatic rings. The number of pyridine rings is 1. The fraction of sp³-hybridized carbons (Fsp3) is 0.368. The van der Waals surface area contributed by atoms with Crippen LogP contribution < -0.4 is 16.2 Å². The molecule has 4 N–H and O–H groups in total. The third kappa shape index (κ3) is 2.62. The molecule has 0 bridgehead atoms. The number of hydrogen-bond acceptors (Lipinski definition) is 4. The molecule has 4 rings (SSSR count). The number of carboxylic acids is 1. The molecule has 130 valence electrons. The van der Waals surface area contributed by atoms with E-state index in [4.69, 9.17) is 10.8 Å². The zero-order valence-corrected chi connectivity index (χ0v) is 14.0. The molecule has 1 saturated carbocycles. The smallest absolute Gasteiger partial charge is 0.341 e. The molecule has 1 aliphatic heterocycles. The maximum atomic E-state index is 12.0. The average molecular weight is 339 g/mol. The van der Waals surface area contributed by atoms with Crippen molar-refractivity contribution >= 4 is 11.7 Å². The highest BCUT2D eigenvalue weighted by molar-refractivity contribution is 5.88. The van der Waals surface area contributed by atoms with Crippen LogP contribution in [-0.2, 0) is 6.42 Å². The van der Waals surface area contributed by atoms with Crippen LogP contribution in [0.5, 0.6) is 0 Å². The lowest BCUT2D eigenvalue weighted by atomic mass is 10.0. The van der Waals surface area contributed by atoms with E-state index < -0.39 is 11.5 Å². The highest BCUT2D eigenvalue weighted by Crippen LogP contribution is 2.45. The summed E-state index contributed by atoms with van der Waals surface area (Å²) in [6.45, 7) is 3.96. The topological polar surface area (TPSA) is 99.4 Å². The van der Waals surface area contributed by atoms with Crippen LogP contribution in [-0.4, -0.2) is 35.2 Å². The number of nitrogens with zero attached hydrogens (tertiary/aromatic N) is 1. The maximum Gasteiger partial charge on any atom is 0.341 e. The molecule has 2 heterocycles. The number of rotatable bonds is 4. The normalized spacial score (nSPS) is 24.2. The quantitative estimate of drug-likeness (QED) is 0.787. The summed E-state index contributed by atoms with van der Waals surface area (Å²) in [4.78, 5) is 28.2. The summed E-state index contributed by atoms with van der Waals surface area (Å²) < 4.78 is 0. The number of carbonyl (C=O) groups is 1. The fourth-order valence-electron chi connectivity index (χ4n) is 3.89. The molecule has 2 atom stereocenters. The summed E-state index contributed by atoms with van der Waals surface area (Å²) in [6, 6.07) is 9.90. The van der Waals surface area contributed by atoms with Gasteiger partial charge in [0.05, 0.1) is 5.69 Å². The van der Waals surface area contributed by atoms with Crippen molar-refractivity contribution in [3.8, 4) is 11.3 Å². The van der Waals surface area contributed by atoms with Crippen LogP contribution >= 0.6 is 0 Å². The van der Waals surface area contributed by atoms with Crippen molar-refractivity contribution in [1.29, 1.82) is 0 Å². The second-order valence-electron chi connectivity index (χ2n) is 6.93. The van der Waals surface area contributed by atoms with Gasteiger partial charge in [0.25, 0.3) is 5.56 Å². The predicted octanol–water partition coefficient (Wildman–Crippen LogP) is 1.70. The summed E-state index contributed by atoms with van der Waals surface area (Å²) in [5.74, 6) is 0.0567. The van der Waals surface area contributed by atoms with Crippen LogP contribution in [0.15, 0.2) is 35.1 Å². The summed E-state index contributed by atoms with van der Waals surface area (Å²) in [5, 5.41) is 9.11. The van der Waals surface area contributed by atoms with E-state index in [1.165, 1.54) is 6.07 Å². The van der Waals surface area contributed by atoms with Gasteiger partial charge in [-0.05, 0) is 47.6 Å². The Hall–Kier alpha value is -2.60. The number of anilines is 1. The zero-order chi connectivity index (χ0) is 17.7. The van der Waals surface area contributed by atoms with Gasteiger partial charge in [-0.15, -0.1) is 0 Å². The Bertz CT molecular complexity index is 876. The Kier molecular flexibility index (Phi) is 3.65. The number of piperidine rings is 1. The monoisotopic (exact) mass is 339 g/mol. The summed E-state index contributed by atoms with van der Waals surface area (Å²) in [6.07, 6.45) is 0.640. The van der Waals surface area contributed by atoms with Gasteiger partial charge in [-0.25, -0.2) is 4.79 Å². The summed E-state index contributed by atoms with van der Waals surface area (Å²) in [7, 11) is 0. The molecule has 0 radical (unpaired) electrons. The molecular formula is C19H21N3O3. The van der Waals surface area contributed by atoms with Gasteiger partial charge in [-0.3, -0.25) is 4.79 Å². The lowest BCUT2D eigenvalue weighted by Crippen LogP contribution is -2.27. The van der Waals surface area contributed by atoms with E-state index >= 15 is 0 Å². The number of hydrogen-bond donors (Lipinski definition) is 3. The molecule has 2 fully saturated rings. The summed E-state index contributed by atoms with van der Waals surface area (Å²) >= 11 is 0. The van der Waals surface area contributed by atoms with Crippen LogP contribution in [0.2, 0.25) is 0 Å². The van der Waals surface area contributed by atoms with E-state index in [-0.39, 0.29) is 5.56 Å². The first-order valence-corrected chi connectivity index (χ1v) is 8.60. The minimum atomic E-state index is -1.20. The first-order valence-electron chi connectivity index (χ1n) is 8.60. The highest BCUT2D eigenvalue weighted by atomic mass is 16.4. The number of aromatic nitrogens is 1. The molecule has 0 spiro atoms.